The van der Waals surface area contributed by atoms with Crippen LogP contribution >= 0.6 is 0 Å². The second kappa shape index (κ2) is 8.82. The summed E-state index contributed by atoms with van der Waals surface area (Å²) >= 11 is 0. The minimum Gasteiger partial charge on any atom is -0.379 e. The lowest BCUT2D eigenvalue weighted by Gasteiger charge is -2.37. The topological polar surface area (TPSA) is 63.7 Å². The Bertz CT molecular complexity index is 455. The van der Waals surface area contributed by atoms with Gasteiger partial charge in [-0.25, -0.2) is 0 Å². The summed E-state index contributed by atoms with van der Waals surface area (Å²) in [7, 11) is 0. The third kappa shape index (κ3) is 4.50. The number of nitrogens with one attached hydrogen (secondary N) is 1. The Kier molecular flexibility index (Phi) is 6.76. The molecule has 6 heteroatoms. The number of hydrogen-bond acceptors (Lipinski definition) is 5. The maximum atomic E-state index is 12.7. The summed E-state index contributed by atoms with van der Waals surface area (Å²) in [5.74, 6) is 0.0202. The monoisotopic (exact) mass is 307 g/mol. The summed E-state index contributed by atoms with van der Waals surface area (Å²) in [4.78, 5) is 18.7. The SMILES string of the molecule is CCOCCOC(C)C(=O)N1CCNCC1c1cccnc1. The van der Waals surface area contributed by atoms with Crippen LogP contribution in [0.5, 0.6) is 0 Å². The number of carbonyl (C=O) groups is 1. The zero-order valence-corrected chi connectivity index (χ0v) is 13.3. The van der Waals surface area contributed by atoms with Crippen LogP contribution in [0, 0.1) is 0 Å². The number of nitrogens with zero attached hydrogens (tertiary/aromatic N) is 2. The Balaban J connectivity index is 1.96. The molecule has 1 aliphatic rings. The van der Waals surface area contributed by atoms with E-state index in [1.165, 1.54) is 0 Å². The lowest BCUT2D eigenvalue weighted by molar-refractivity contribution is -0.147. The van der Waals surface area contributed by atoms with Gasteiger partial charge in [-0.3, -0.25) is 9.78 Å². The zero-order chi connectivity index (χ0) is 15.8. The number of carbonyl (C=O) groups excluding carboxylic acids is 1. The summed E-state index contributed by atoms with van der Waals surface area (Å²) < 4.78 is 10.8. The molecule has 1 aromatic rings. The van der Waals surface area contributed by atoms with Crippen molar-refractivity contribution in [1.82, 2.24) is 15.2 Å². The number of pyridine rings is 1. The van der Waals surface area contributed by atoms with Gasteiger partial charge in [0.15, 0.2) is 0 Å². The molecule has 0 aliphatic carbocycles. The molecule has 0 bridgehead atoms. The maximum absolute atomic E-state index is 12.7. The molecule has 6 nitrogen and oxygen atoms in total. The molecule has 22 heavy (non-hydrogen) atoms. The smallest absolute Gasteiger partial charge is 0.252 e. The Morgan fingerprint density at radius 1 is 1.55 bits per heavy atom. The number of piperazine rings is 1. The van der Waals surface area contributed by atoms with Crippen LogP contribution in [0.1, 0.15) is 25.5 Å². The Hall–Kier alpha value is -1.50. The molecule has 2 rings (SSSR count). The van der Waals surface area contributed by atoms with Crippen LogP contribution in [-0.4, -0.2) is 61.3 Å². The van der Waals surface area contributed by atoms with E-state index in [2.05, 4.69) is 10.3 Å². The van der Waals surface area contributed by atoms with Crippen molar-refractivity contribution in [1.29, 1.82) is 0 Å². The van der Waals surface area contributed by atoms with Gasteiger partial charge in [0.1, 0.15) is 6.10 Å². The normalized spacial score (nSPS) is 19.9. The zero-order valence-electron chi connectivity index (χ0n) is 13.3. The summed E-state index contributed by atoms with van der Waals surface area (Å²) in [6.45, 7) is 7.57. The number of aromatic nitrogens is 1. The molecular formula is C16H25N3O3. The molecule has 0 spiro atoms. The van der Waals surface area contributed by atoms with E-state index in [0.29, 0.717) is 26.4 Å². The summed E-state index contributed by atoms with van der Waals surface area (Å²) in [6, 6.07) is 3.91. The predicted octanol–water partition coefficient (Wildman–Crippen LogP) is 0.996. The minimum atomic E-state index is -0.460. The molecule has 1 aromatic heterocycles. The van der Waals surface area contributed by atoms with E-state index in [1.54, 1.807) is 13.1 Å². The van der Waals surface area contributed by atoms with Crippen LogP contribution in [0.3, 0.4) is 0 Å². The Morgan fingerprint density at radius 2 is 2.41 bits per heavy atom. The second-order valence-corrected chi connectivity index (χ2v) is 5.25. The highest BCUT2D eigenvalue weighted by molar-refractivity contribution is 5.81. The predicted molar refractivity (Wildman–Crippen MR) is 83.5 cm³/mol. The first-order valence-corrected chi connectivity index (χ1v) is 7.84. The third-order valence-corrected chi connectivity index (χ3v) is 3.74. The lowest BCUT2D eigenvalue weighted by atomic mass is 10.0. The molecule has 2 heterocycles. The van der Waals surface area contributed by atoms with Gasteiger partial charge in [0.25, 0.3) is 5.91 Å². The molecule has 122 valence electrons. The van der Waals surface area contributed by atoms with Crippen molar-refractivity contribution in [2.24, 2.45) is 0 Å². The molecule has 1 aliphatic heterocycles. The molecule has 2 atom stereocenters. The van der Waals surface area contributed by atoms with Crippen molar-refractivity contribution in [2.45, 2.75) is 26.0 Å². The highest BCUT2D eigenvalue weighted by atomic mass is 16.5. The van der Waals surface area contributed by atoms with Gasteiger partial charge < -0.3 is 19.7 Å². The van der Waals surface area contributed by atoms with Crippen molar-refractivity contribution in [2.75, 3.05) is 39.5 Å². The van der Waals surface area contributed by atoms with E-state index < -0.39 is 6.10 Å². The standard InChI is InChI=1S/C16H25N3O3/c1-3-21-9-10-22-13(2)16(20)19-8-7-18-12-15(19)14-5-4-6-17-11-14/h4-6,11,13,15,18H,3,7-10,12H2,1-2H3. The van der Waals surface area contributed by atoms with Gasteiger partial charge in [-0.15, -0.1) is 0 Å². The second-order valence-electron chi connectivity index (χ2n) is 5.25. The average Bonchev–Trinajstić information content (AvgIpc) is 2.58. The average molecular weight is 307 g/mol. The largest absolute Gasteiger partial charge is 0.379 e. The van der Waals surface area contributed by atoms with Crippen LogP contribution < -0.4 is 5.32 Å². The molecule has 0 radical (unpaired) electrons. The molecular weight excluding hydrogens is 282 g/mol. The number of rotatable bonds is 7. The summed E-state index contributed by atoms with van der Waals surface area (Å²) in [5.41, 5.74) is 1.05. The molecule has 0 aromatic carbocycles. The van der Waals surface area contributed by atoms with E-state index in [4.69, 9.17) is 9.47 Å². The van der Waals surface area contributed by atoms with Gasteiger partial charge in [0, 0.05) is 38.6 Å². The van der Waals surface area contributed by atoms with Gasteiger partial charge in [-0.1, -0.05) is 6.07 Å². The fourth-order valence-corrected chi connectivity index (χ4v) is 2.57. The molecule has 2 unspecified atom stereocenters. The minimum absolute atomic E-state index is 0.00731. The van der Waals surface area contributed by atoms with Crippen molar-refractivity contribution in [3.05, 3.63) is 30.1 Å². The first-order valence-electron chi connectivity index (χ1n) is 7.84. The van der Waals surface area contributed by atoms with Crippen molar-refractivity contribution >= 4 is 5.91 Å². The van der Waals surface area contributed by atoms with E-state index in [0.717, 1.165) is 18.7 Å². The van der Waals surface area contributed by atoms with Gasteiger partial charge in [0.2, 0.25) is 0 Å². The maximum Gasteiger partial charge on any atom is 0.252 e. The molecule has 1 saturated heterocycles. The Labute approximate surface area is 131 Å². The van der Waals surface area contributed by atoms with E-state index >= 15 is 0 Å². The van der Waals surface area contributed by atoms with Gasteiger partial charge in [0.05, 0.1) is 19.3 Å². The fourth-order valence-electron chi connectivity index (χ4n) is 2.57. The van der Waals surface area contributed by atoms with Crippen LogP contribution in [0.25, 0.3) is 0 Å². The van der Waals surface area contributed by atoms with Crippen molar-refractivity contribution < 1.29 is 14.3 Å². The van der Waals surface area contributed by atoms with Gasteiger partial charge >= 0.3 is 0 Å². The molecule has 1 amide bonds. The molecule has 1 fully saturated rings. The van der Waals surface area contributed by atoms with Crippen LogP contribution in [0.4, 0.5) is 0 Å². The molecule has 0 saturated carbocycles. The van der Waals surface area contributed by atoms with Crippen LogP contribution in [0.15, 0.2) is 24.5 Å². The quantitative estimate of drug-likeness (QED) is 0.761. The van der Waals surface area contributed by atoms with Crippen molar-refractivity contribution in [3.63, 3.8) is 0 Å². The first-order chi connectivity index (χ1) is 10.7. The number of hydrogen-bond donors (Lipinski definition) is 1. The van der Waals surface area contributed by atoms with E-state index in [-0.39, 0.29) is 11.9 Å². The number of ether oxygens (including phenoxy) is 2. The fraction of sp³-hybridized carbons (Fsp3) is 0.625. The van der Waals surface area contributed by atoms with E-state index in [1.807, 2.05) is 30.2 Å². The lowest BCUT2D eigenvalue weighted by Crippen LogP contribution is -2.51. The highest BCUT2D eigenvalue weighted by Crippen LogP contribution is 2.22. The Morgan fingerprint density at radius 3 is 3.14 bits per heavy atom. The van der Waals surface area contributed by atoms with Gasteiger partial charge in [-0.05, 0) is 25.5 Å². The van der Waals surface area contributed by atoms with Crippen LogP contribution in [-0.2, 0) is 14.3 Å². The first kappa shape index (κ1) is 16.9. The van der Waals surface area contributed by atoms with Crippen molar-refractivity contribution in [3.8, 4) is 0 Å². The number of amides is 1. The summed E-state index contributed by atoms with van der Waals surface area (Å²) in [6.07, 6.45) is 3.10. The van der Waals surface area contributed by atoms with E-state index in [9.17, 15) is 4.79 Å². The van der Waals surface area contributed by atoms with Gasteiger partial charge in [-0.2, -0.15) is 0 Å². The molecule has 1 N–H and O–H groups in total. The van der Waals surface area contributed by atoms with Crippen LogP contribution in [0.2, 0.25) is 0 Å². The summed E-state index contributed by atoms with van der Waals surface area (Å²) in [5, 5.41) is 3.33. The third-order valence-electron chi connectivity index (χ3n) is 3.74. The highest BCUT2D eigenvalue weighted by Gasteiger charge is 2.31.